The number of carbonyl (C=O) groups is 1. The lowest BCUT2D eigenvalue weighted by Gasteiger charge is -2.08. The molecule has 0 aliphatic heterocycles. The van der Waals surface area contributed by atoms with Crippen LogP contribution < -0.4 is 5.32 Å². The van der Waals surface area contributed by atoms with Gasteiger partial charge in [0.25, 0.3) is 11.6 Å². The van der Waals surface area contributed by atoms with Crippen molar-refractivity contribution in [1.82, 2.24) is 14.8 Å². The van der Waals surface area contributed by atoms with E-state index in [2.05, 4.69) is 15.4 Å². The number of nitro groups is 1. The molecule has 9 heteroatoms. The van der Waals surface area contributed by atoms with E-state index < -0.39 is 10.8 Å². The van der Waals surface area contributed by atoms with Crippen molar-refractivity contribution in [1.29, 1.82) is 0 Å². The molecule has 0 saturated heterocycles. The van der Waals surface area contributed by atoms with Gasteiger partial charge in [0.1, 0.15) is 5.75 Å². The summed E-state index contributed by atoms with van der Waals surface area (Å²) in [6, 6.07) is 14.8. The number of nitrogens with zero attached hydrogens (tertiary/aromatic N) is 4. The first-order valence-corrected chi connectivity index (χ1v) is 8.63. The largest absolute Gasteiger partial charge is 0.506 e. The van der Waals surface area contributed by atoms with Crippen molar-refractivity contribution in [2.75, 3.05) is 5.32 Å². The number of anilines is 1. The fourth-order valence-corrected chi connectivity index (χ4v) is 2.96. The highest BCUT2D eigenvalue weighted by atomic mass is 16.6. The Hall–Kier alpha value is -4.27. The molecule has 29 heavy (non-hydrogen) atoms. The minimum atomic E-state index is -0.607. The fourth-order valence-electron chi connectivity index (χ4n) is 2.96. The van der Waals surface area contributed by atoms with Gasteiger partial charge >= 0.3 is 0 Å². The fraction of sp³-hybridized carbons (Fsp3) is 0.0500. The average molecular weight is 389 g/mol. The summed E-state index contributed by atoms with van der Waals surface area (Å²) in [5.74, 6) is -0.269. The van der Waals surface area contributed by atoms with Crippen molar-refractivity contribution in [3.63, 3.8) is 0 Å². The summed E-state index contributed by atoms with van der Waals surface area (Å²) < 4.78 is 1.54. The summed E-state index contributed by atoms with van der Waals surface area (Å²) in [5.41, 5.74) is 1.29. The first-order chi connectivity index (χ1) is 13.9. The number of aromatic nitrogens is 3. The number of benzene rings is 2. The van der Waals surface area contributed by atoms with Crippen LogP contribution in [-0.2, 0) is 0 Å². The van der Waals surface area contributed by atoms with Gasteiger partial charge in [0, 0.05) is 17.5 Å². The molecule has 2 heterocycles. The van der Waals surface area contributed by atoms with Gasteiger partial charge < -0.3 is 10.4 Å². The van der Waals surface area contributed by atoms with Gasteiger partial charge in [-0.05, 0) is 31.2 Å². The molecule has 4 aromatic rings. The number of phenols is 1. The number of nitrogens with one attached hydrogen (secondary N) is 1. The van der Waals surface area contributed by atoms with Gasteiger partial charge in [0.15, 0.2) is 5.82 Å². The molecular formula is C20H15N5O4. The minimum Gasteiger partial charge on any atom is -0.506 e. The van der Waals surface area contributed by atoms with E-state index in [4.69, 9.17) is 0 Å². The molecule has 0 atom stereocenters. The SMILES string of the molecule is Cc1c(C(=O)Nc2cc([N+](=O)[O-])ccc2O)cnn1-c1ccc2ccccc2n1. The van der Waals surface area contributed by atoms with E-state index in [1.807, 2.05) is 30.3 Å². The third-order valence-corrected chi connectivity index (χ3v) is 4.49. The maximum Gasteiger partial charge on any atom is 0.271 e. The first-order valence-electron chi connectivity index (χ1n) is 8.63. The Balaban J connectivity index is 1.65. The van der Waals surface area contributed by atoms with Crippen LogP contribution in [0.15, 0.2) is 60.8 Å². The number of amides is 1. The van der Waals surface area contributed by atoms with Crippen LogP contribution in [0, 0.1) is 17.0 Å². The van der Waals surface area contributed by atoms with Gasteiger partial charge in [-0.25, -0.2) is 9.67 Å². The summed E-state index contributed by atoms with van der Waals surface area (Å²) in [6.45, 7) is 1.71. The van der Waals surface area contributed by atoms with Crippen molar-refractivity contribution in [3.8, 4) is 11.6 Å². The predicted molar refractivity (Wildman–Crippen MR) is 106 cm³/mol. The van der Waals surface area contributed by atoms with Crippen molar-refractivity contribution in [3.05, 3.63) is 82.2 Å². The summed E-state index contributed by atoms with van der Waals surface area (Å²) in [4.78, 5) is 27.5. The Morgan fingerprint density at radius 3 is 2.76 bits per heavy atom. The Bertz CT molecular complexity index is 1260. The van der Waals surface area contributed by atoms with Gasteiger partial charge in [-0.2, -0.15) is 5.10 Å². The maximum atomic E-state index is 12.7. The highest BCUT2D eigenvalue weighted by Gasteiger charge is 2.19. The van der Waals surface area contributed by atoms with E-state index in [1.165, 1.54) is 10.9 Å². The number of carbonyl (C=O) groups excluding carboxylic acids is 1. The highest BCUT2D eigenvalue weighted by molar-refractivity contribution is 6.05. The number of hydrogen-bond donors (Lipinski definition) is 2. The summed E-state index contributed by atoms with van der Waals surface area (Å²) in [5, 5.41) is 28.5. The van der Waals surface area contributed by atoms with Crippen LogP contribution in [-0.4, -0.2) is 30.7 Å². The molecule has 9 nitrogen and oxygen atoms in total. The molecule has 2 aromatic carbocycles. The van der Waals surface area contributed by atoms with Gasteiger partial charge in [0.2, 0.25) is 0 Å². The van der Waals surface area contributed by atoms with E-state index in [0.717, 1.165) is 29.1 Å². The van der Waals surface area contributed by atoms with Gasteiger partial charge in [-0.1, -0.05) is 18.2 Å². The monoisotopic (exact) mass is 389 g/mol. The van der Waals surface area contributed by atoms with Crippen molar-refractivity contribution in [2.24, 2.45) is 0 Å². The standard InChI is InChI=1S/C20H15N5O4/c1-12-15(20(27)23-17-10-14(25(28)29)7-8-18(17)26)11-21-24(12)19-9-6-13-4-2-3-5-16(13)22-19/h2-11,26H,1H3,(H,23,27). The highest BCUT2D eigenvalue weighted by Crippen LogP contribution is 2.28. The molecule has 0 fully saturated rings. The number of aromatic hydroxyl groups is 1. The Morgan fingerprint density at radius 2 is 1.97 bits per heavy atom. The number of phenolic OH excluding ortho intramolecular Hbond substituents is 1. The lowest BCUT2D eigenvalue weighted by Crippen LogP contribution is -2.13. The second kappa shape index (κ2) is 7.04. The summed E-state index contributed by atoms with van der Waals surface area (Å²) in [7, 11) is 0. The Morgan fingerprint density at radius 1 is 1.17 bits per heavy atom. The number of para-hydroxylation sites is 1. The van der Waals surface area contributed by atoms with E-state index in [0.29, 0.717) is 11.5 Å². The van der Waals surface area contributed by atoms with Crippen LogP contribution in [0.3, 0.4) is 0 Å². The number of hydrogen-bond acceptors (Lipinski definition) is 6. The van der Waals surface area contributed by atoms with E-state index in [-0.39, 0.29) is 22.7 Å². The molecule has 0 spiro atoms. The second-order valence-corrected chi connectivity index (χ2v) is 6.33. The quantitative estimate of drug-likeness (QED) is 0.312. The van der Waals surface area contributed by atoms with Crippen molar-refractivity contribution >= 4 is 28.2 Å². The third-order valence-electron chi connectivity index (χ3n) is 4.49. The Labute approximate surface area is 164 Å². The molecule has 0 aliphatic rings. The number of pyridine rings is 1. The molecule has 4 rings (SSSR count). The average Bonchev–Trinajstić information content (AvgIpc) is 3.10. The van der Waals surface area contributed by atoms with Crippen molar-refractivity contribution in [2.45, 2.75) is 6.92 Å². The van der Waals surface area contributed by atoms with Crippen LogP contribution in [0.5, 0.6) is 5.75 Å². The van der Waals surface area contributed by atoms with Crippen LogP contribution in [0.25, 0.3) is 16.7 Å². The zero-order valence-electron chi connectivity index (χ0n) is 15.2. The third kappa shape index (κ3) is 3.36. The second-order valence-electron chi connectivity index (χ2n) is 6.33. The zero-order valence-corrected chi connectivity index (χ0v) is 15.2. The zero-order chi connectivity index (χ0) is 20.5. The Kier molecular flexibility index (Phi) is 4.40. The van der Waals surface area contributed by atoms with Gasteiger partial charge in [-0.3, -0.25) is 14.9 Å². The van der Waals surface area contributed by atoms with Crippen LogP contribution in [0.1, 0.15) is 16.1 Å². The van der Waals surface area contributed by atoms with Crippen LogP contribution in [0.4, 0.5) is 11.4 Å². The predicted octanol–water partition coefficient (Wildman–Crippen LogP) is 3.60. The lowest BCUT2D eigenvalue weighted by atomic mass is 10.2. The van der Waals surface area contributed by atoms with E-state index in [9.17, 15) is 20.0 Å². The number of fused-ring (bicyclic) bond motifs is 1. The summed E-state index contributed by atoms with van der Waals surface area (Å²) >= 11 is 0. The topological polar surface area (TPSA) is 123 Å². The van der Waals surface area contributed by atoms with E-state index in [1.54, 1.807) is 13.0 Å². The van der Waals surface area contributed by atoms with Gasteiger partial charge in [-0.15, -0.1) is 0 Å². The number of non-ortho nitro benzene ring substituents is 1. The molecule has 0 aliphatic carbocycles. The van der Waals surface area contributed by atoms with Crippen LogP contribution >= 0.6 is 0 Å². The van der Waals surface area contributed by atoms with Crippen LogP contribution in [0.2, 0.25) is 0 Å². The van der Waals surface area contributed by atoms with E-state index >= 15 is 0 Å². The molecule has 0 bridgehead atoms. The molecule has 0 saturated carbocycles. The molecule has 2 N–H and O–H groups in total. The van der Waals surface area contributed by atoms with Gasteiger partial charge in [0.05, 0.1) is 33.6 Å². The molecule has 0 unspecified atom stereocenters. The maximum absolute atomic E-state index is 12.7. The number of nitro benzene ring substituents is 1. The normalized spacial score (nSPS) is 10.8. The minimum absolute atomic E-state index is 0.0554. The first kappa shape index (κ1) is 18.1. The smallest absolute Gasteiger partial charge is 0.271 e. The molecule has 2 aromatic heterocycles. The summed E-state index contributed by atoms with van der Waals surface area (Å²) in [6.07, 6.45) is 1.38. The van der Waals surface area contributed by atoms with Crippen molar-refractivity contribution < 1.29 is 14.8 Å². The number of rotatable bonds is 4. The lowest BCUT2D eigenvalue weighted by molar-refractivity contribution is -0.384. The molecule has 144 valence electrons. The molecular weight excluding hydrogens is 374 g/mol. The molecule has 0 radical (unpaired) electrons. The molecule has 1 amide bonds.